The van der Waals surface area contributed by atoms with Crippen LogP contribution >= 0.6 is 0 Å². The van der Waals surface area contributed by atoms with Gasteiger partial charge >= 0.3 is 6.09 Å². The zero-order valence-electron chi connectivity index (χ0n) is 18.8. The van der Waals surface area contributed by atoms with Gasteiger partial charge in [0, 0.05) is 17.7 Å². The molecule has 1 fully saturated rings. The van der Waals surface area contributed by atoms with Crippen molar-refractivity contribution in [2.45, 2.75) is 44.8 Å². The summed E-state index contributed by atoms with van der Waals surface area (Å²) in [5.41, 5.74) is 1.82. The lowest BCUT2D eigenvalue weighted by Crippen LogP contribution is -2.42. The number of hydrogen-bond acceptors (Lipinski definition) is 6. The molecule has 1 aliphatic carbocycles. The van der Waals surface area contributed by atoms with Gasteiger partial charge in [-0.2, -0.15) is 0 Å². The SMILES string of the molecule is O=Cc1cc(Oc2cccc(N(C(=O)OCc3ccccc3)C3CCCCC3)c2)ccc1N=O. The maximum Gasteiger partial charge on any atom is 0.414 e. The summed E-state index contributed by atoms with van der Waals surface area (Å²) in [4.78, 5) is 37.0. The van der Waals surface area contributed by atoms with Crippen LogP contribution < -0.4 is 9.64 Å². The fourth-order valence-electron chi connectivity index (χ4n) is 4.20. The predicted octanol–water partition coefficient (Wildman–Crippen LogP) is 7.17. The lowest BCUT2D eigenvalue weighted by atomic mass is 9.94. The van der Waals surface area contributed by atoms with Gasteiger partial charge in [-0.15, -0.1) is 4.91 Å². The Hall–Kier alpha value is -4.00. The highest BCUT2D eigenvalue weighted by atomic mass is 16.6. The van der Waals surface area contributed by atoms with Gasteiger partial charge in [-0.1, -0.05) is 55.7 Å². The molecule has 7 nitrogen and oxygen atoms in total. The number of nitroso groups, excluding NO2 is 1. The fraction of sp³-hybridized carbons (Fsp3) is 0.259. The molecule has 3 aromatic rings. The van der Waals surface area contributed by atoms with E-state index >= 15 is 0 Å². The first kappa shape index (κ1) is 23.2. The minimum atomic E-state index is -0.391. The van der Waals surface area contributed by atoms with E-state index in [1.54, 1.807) is 23.1 Å². The first-order valence-corrected chi connectivity index (χ1v) is 11.4. The van der Waals surface area contributed by atoms with Gasteiger partial charge in [-0.05, 0) is 53.9 Å². The second kappa shape index (κ2) is 11.2. The van der Waals surface area contributed by atoms with Crippen LogP contribution in [0.3, 0.4) is 0 Å². The minimum absolute atomic E-state index is 0.0480. The normalized spacial score (nSPS) is 13.6. The van der Waals surface area contributed by atoms with Crippen molar-refractivity contribution in [2.75, 3.05) is 4.90 Å². The van der Waals surface area contributed by atoms with Crippen molar-refractivity contribution in [3.8, 4) is 11.5 Å². The molecule has 0 unspecified atom stereocenters. The Bertz CT molecular complexity index is 1140. The van der Waals surface area contributed by atoms with Crippen molar-refractivity contribution < 1.29 is 19.1 Å². The lowest BCUT2D eigenvalue weighted by molar-refractivity contribution is 0.112. The Morgan fingerprint density at radius 1 is 0.941 bits per heavy atom. The second-order valence-electron chi connectivity index (χ2n) is 8.23. The summed E-state index contributed by atoms with van der Waals surface area (Å²) in [6, 6.07) is 21.3. The molecule has 1 aliphatic rings. The number of hydrogen-bond donors (Lipinski definition) is 0. The average molecular weight is 459 g/mol. The molecule has 7 heteroatoms. The quantitative estimate of drug-likeness (QED) is 0.264. The molecular weight excluding hydrogens is 432 g/mol. The summed E-state index contributed by atoms with van der Waals surface area (Å²) in [6.45, 7) is 0.199. The van der Waals surface area contributed by atoms with E-state index in [4.69, 9.17) is 9.47 Å². The van der Waals surface area contributed by atoms with Gasteiger partial charge < -0.3 is 9.47 Å². The average Bonchev–Trinajstić information content (AvgIpc) is 2.89. The Kier molecular flexibility index (Phi) is 7.65. The molecule has 0 atom stereocenters. The van der Waals surface area contributed by atoms with Crippen molar-refractivity contribution in [2.24, 2.45) is 5.18 Å². The number of carbonyl (C=O) groups excluding carboxylic acids is 2. The largest absolute Gasteiger partial charge is 0.457 e. The Labute approximate surface area is 198 Å². The maximum absolute atomic E-state index is 13.2. The number of benzene rings is 3. The third kappa shape index (κ3) is 5.67. The van der Waals surface area contributed by atoms with Crippen LogP contribution in [0.5, 0.6) is 11.5 Å². The van der Waals surface area contributed by atoms with Crippen LogP contribution in [0.25, 0.3) is 0 Å². The van der Waals surface area contributed by atoms with Gasteiger partial charge in [0.05, 0.1) is 5.69 Å². The number of ether oxygens (including phenoxy) is 2. The van der Waals surface area contributed by atoms with Gasteiger partial charge in [-0.3, -0.25) is 9.69 Å². The lowest BCUT2D eigenvalue weighted by Gasteiger charge is -2.33. The predicted molar refractivity (Wildman–Crippen MR) is 130 cm³/mol. The van der Waals surface area contributed by atoms with Crippen LogP contribution in [0.4, 0.5) is 16.2 Å². The van der Waals surface area contributed by atoms with E-state index in [-0.39, 0.29) is 23.9 Å². The van der Waals surface area contributed by atoms with Crippen molar-refractivity contribution in [1.82, 2.24) is 0 Å². The molecule has 3 aromatic carbocycles. The smallest absolute Gasteiger partial charge is 0.414 e. The van der Waals surface area contributed by atoms with Gasteiger partial charge in [0.1, 0.15) is 23.8 Å². The first-order valence-electron chi connectivity index (χ1n) is 11.4. The van der Waals surface area contributed by atoms with E-state index in [1.807, 2.05) is 42.5 Å². The molecule has 0 saturated heterocycles. The number of amides is 1. The van der Waals surface area contributed by atoms with E-state index < -0.39 is 6.09 Å². The van der Waals surface area contributed by atoms with Gasteiger partial charge in [0.15, 0.2) is 6.29 Å². The van der Waals surface area contributed by atoms with Crippen molar-refractivity contribution in [3.63, 3.8) is 0 Å². The minimum Gasteiger partial charge on any atom is -0.457 e. The molecule has 0 N–H and O–H groups in total. The topological polar surface area (TPSA) is 85.3 Å². The molecule has 1 amide bonds. The number of carbonyl (C=O) groups is 2. The molecule has 1 saturated carbocycles. The van der Waals surface area contributed by atoms with E-state index in [2.05, 4.69) is 5.18 Å². The molecule has 0 bridgehead atoms. The Balaban J connectivity index is 1.56. The van der Waals surface area contributed by atoms with E-state index in [0.29, 0.717) is 23.5 Å². The Morgan fingerprint density at radius 2 is 1.71 bits per heavy atom. The van der Waals surface area contributed by atoms with Gasteiger partial charge in [-0.25, -0.2) is 4.79 Å². The third-order valence-electron chi connectivity index (χ3n) is 5.90. The van der Waals surface area contributed by atoms with Crippen LogP contribution in [0.2, 0.25) is 0 Å². The van der Waals surface area contributed by atoms with Crippen LogP contribution in [-0.2, 0) is 11.3 Å². The first-order chi connectivity index (χ1) is 16.7. The van der Waals surface area contributed by atoms with Crippen molar-refractivity contribution in [3.05, 3.63) is 88.8 Å². The summed E-state index contributed by atoms with van der Waals surface area (Å²) in [5.74, 6) is 0.889. The fourth-order valence-corrected chi connectivity index (χ4v) is 4.20. The molecule has 0 spiro atoms. The third-order valence-corrected chi connectivity index (χ3v) is 5.90. The summed E-state index contributed by atoms with van der Waals surface area (Å²) in [5, 5.41) is 2.84. The highest BCUT2D eigenvalue weighted by Crippen LogP contribution is 2.33. The molecular formula is C27H26N2O5. The van der Waals surface area contributed by atoms with Gasteiger partial charge in [0.2, 0.25) is 0 Å². The molecule has 4 rings (SSSR count). The molecule has 0 aromatic heterocycles. The highest BCUT2D eigenvalue weighted by molar-refractivity contribution is 5.88. The molecule has 34 heavy (non-hydrogen) atoms. The van der Waals surface area contributed by atoms with Crippen molar-refractivity contribution >= 4 is 23.8 Å². The maximum atomic E-state index is 13.2. The van der Waals surface area contributed by atoms with E-state index in [9.17, 15) is 14.5 Å². The zero-order chi connectivity index (χ0) is 23.8. The van der Waals surface area contributed by atoms with Crippen LogP contribution in [0, 0.1) is 4.91 Å². The molecule has 0 aliphatic heterocycles. The number of rotatable bonds is 8. The standard InChI is InChI=1S/C27H26N2O5/c30-18-21-16-25(14-15-26(21)28-32)34-24-13-7-12-23(17-24)29(22-10-5-2-6-11-22)27(31)33-19-20-8-3-1-4-9-20/h1,3-4,7-9,12-18,22H,2,5-6,10-11,19H2. The van der Waals surface area contributed by atoms with Crippen LogP contribution in [-0.4, -0.2) is 18.4 Å². The molecule has 0 heterocycles. The van der Waals surface area contributed by atoms with Crippen LogP contribution in [0.15, 0.2) is 78.0 Å². The number of nitrogens with zero attached hydrogens (tertiary/aromatic N) is 2. The summed E-state index contributed by atoms with van der Waals surface area (Å²) in [7, 11) is 0. The highest BCUT2D eigenvalue weighted by Gasteiger charge is 2.28. The summed E-state index contributed by atoms with van der Waals surface area (Å²) in [6.07, 6.45) is 5.29. The molecule has 174 valence electrons. The van der Waals surface area contributed by atoms with E-state index in [0.717, 1.165) is 37.7 Å². The summed E-state index contributed by atoms with van der Waals surface area (Å²) < 4.78 is 11.6. The van der Waals surface area contributed by atoms with Crippen molar-refractivity contribution in [1.29, 1.82) is 0 Å². The monoisotopic (exact) mass is 458 g/mol. The number of anilines is 1. The zero-order valence-corrected chi connectivity index (χ0v) is 18.8. The molecule has 0 radical (unpaired) electrons. The summed E-state index contributed by atoms with van der Waals surface area (Å²) >= 11 is 0. The van der Waals surface area contributed by atoms with Crippen LogP contribution in [0.1, 0.15) is 48.0 Å². The second-order valence-corrected chi connectivity index (χ2v) is 8.23. The number of aldehydes is 1. The van der Waals surface area contributed by atoms with E-state index in [1.165, 1.54) is 12.1 Å². The van der Waals surface area contributed by atoms with Gasteiger partial charge in [0.25, 0.3) is 0 Å². The Morgan fingerprint density at radius 3 is 2.44 bits per heavy atom.